The van der Waals surface area contributed by atoms with E-state index in [1.807, 2.05) is 69.3 Å². The van der Waals surface area contributed by atoms with Gasteiger partial charge in [-0.1, -0.05) is 6.08 Å². The van der Waals surface area contributed by atoms with E-state index in [1.54, 1.807) is 7.11 Å². The molecular weight excluding hydrogens is 340 g/mol. The van der Waals surface area contributed by atoms with Crippen LogP contribution in [0.2, 0.25) is 0 Å². The fraction of sp³-hybridized carbons (Fsp3) is 0.261. The molecule has 0 amide bonds. The van der Waals surface area contributed by atoms with Crippen LogP contribution in [0.5, 0.6) is 17.2 Å². The summed E-state index contributed by atoms with van der Waals surface area (Å²) in [5.74, 6) is 2.20. The zero-order chi connectivity index (χ0) is 19.2. The van der Waals surface area contributed by atoms with Gasteiger partial charge in [0.2, 0.25) is 0 Å². The molecule has 2 aromatic rings. The summed E-state index contributed by atoms with van der Waals surface area (Å²) in [6, 6.07) is 9.35. The van der Waals surface area contributed by atoms with E-state index in [2.05, 4.69) is 0 Å². The Balaban J connectivity index is 1.72. The molecule has 4 nitrogen and oxygen atoms in total. The summed E-state index contributed by atoms with van der Waals surface area (Å²) in [6.45, 7) is 6.34. The zero-order valence-corrected chi connectivity index (χ0v) is 16.0. The zero-order valence-electron chi connectivity index (χ0n) is 16.0. The number of hydrogen-bond donors (Lipinski definition) is 0. The van der Waals surface area contributed by atoms with Crippen molar-refractivity contribution >= 4 is 17.4 Å². The third kappa shape index (κ3) is 3.12. The minimum atomic E-state index is -0.338. The van der Waals surface area contributed by atoms with Gasteiger partial charge in [0.25, 0.3) is 0 Å². The van der Waals surface area contributed by atoms with Crippen LogP contribution in [-0.4, -0.2) is 25.1 Å². The summed E-state index contributed by atoms with van der Waals surface area (Å²) in [4.78, 5) is 13.2. The van der Waals surface area contributed by atoms with Crippen LogP contribution in [-0.2, 0) is 0 Å². The van der Waals surface area contributed by atoms with Crippen molar-refractivity contribution in [3.8, 4) is 17.2 Å². The first-order chi connectivity index (χ1) is 12.9. The summed E-state index contributed by atoms with van der Waals surface area (Å²) in [6.07, 6.45) is 5.84. The lowest BCUT2D eigenvalue weighted by molar-refractivity contribution is 0.105. The van der Waals surface area contributed by atoms with Gasteiger partial charge in [0.15, 0.2) is 5.78 Å². The Labute approximate surface area is 159 Å². The monoisotopic (exact) mass is 362 g/mol. The van der Waals surface area contributed by atoms with Crippen molar-refractivity contribution in [2.45, 2.75) is 26.4 Å². The van der Waals surface area contributed by atoms with E-state index in [9.17, 15) is 4.79 Å². The van der Waals surface area contributed by atoms with Crippen LogP contribution in [0.1, 0.15) is 40.9 Å². The molecule has 0 unspecified atom stereocenters. The van der Waals surface area contributed by atoms with E-state index in [0.717, 1.165) is 28.2 Å². The van der Waals surface area contributed by atoms with Crippen LogP contribution in [0, 0.1) is 6.92 Å². The highest BCUT2D eigenvalue weighted by Crippen LogP contribution is 2.38. The molecule has 138 valence electrons. The van der Waals surface area contributed by atoms with Crippen molar-refractivity contribution in [3.63, 3.8) is 0 Å². The number of carbonyl (C=O) groups excluding carboxylic acids is 1. The number of ketones is 1. The van der Waals surface area contributed by atoms with Gasteiger partial charge in [0.1, 0.15) is 29.5 Å². The Kier molecular flexibility index (Phi) is 4.06. The number of methoxy groups -OCH3 is 1. The first-order valence-electron chi connectivity index (χ1n) is 8.97. The Hall–Kier alpha value is -3.01. The Bertz CT molecular complexity index is 996. The van der Waals surface area contributed by atoms with Gasteiger partial charge in [-0.05, 0) is 68.8 Å². The van der Waals surface area contributed by atoms with E-state index >= 15 is 0 Å². The standard InChI is InChI=1S/C23H22O4/c1-14-11-21-18(13-20(14)25-4)17(8-10-26-21)22(24)16-5-6-19-15(12-16)7-9-23(2,3)27-19/h5-9,11-13H,10H2,1-4H3. The molecule has 4 rings (SSSR count). The van der Waals surface area contributed by atoms with Crippen LogP contribution in [0.3, 0.4) is 0 Å². The normalized spacial score (nSPS) is 16.4. The minimum Gasteiger partial charge on any atom is -0.496 e. The average Bonchev–Trinajstić information content (AvgIpc) is 2.65. The fourth-order valence-electron chi connectivity index (χ4n) is 3.43. The third-order valence-corrected chi connectivity index (χ3v) is 4.87. The number of fused-ring (bicyclic) bond motifs is 2. The lowest BCUT2D eigenvalue weighted by atomic mass is 9.92. The molecule has 2 aliphatic heterocycles. The maximum Gasteiger partial charge on any atom is 0.193 e. The number of hydrogen-bond acceptors (Lipinski definition) is 4. The van der Waals surface area contributed by atoms with Gasteiger partial charge < -0.3 is 14.2 Å². The molecule has 27 heavy (non-hydrogen) atoms. The predicted molar refractivity (Wildman–Crippen MR) is 106 cm³/mol. The summed E-state index contributed by atoms with van der Waals surface area (Å²) >= 11 is 0. The van der Waals surface area contributed by atoms with E-state index in [1.165, 1.54) is 0 Å². The molecule has 0 aliphatic carbocycles. The third-order valence-electron chi connectivity index (χ3n) is 4.87. The highest BCUT2D eigenvalue weighted by Gasteiger charge is 2.25. The van der Waals surface area contributed by atoms with Gasteiger partial charge in [-0.3, -0.25) is 4.79 Å². The molecule has 0 atom stereocenters. The van der Waals surface area contributed by atoms with Crippen LogP contribution >= 0.6 is 0 Å². The largest absolute Gasteiger partial charge is 0.496 e. The quantitative estimate of drug-likeness (QED) is 0.733. The second-order valence-corrected chi connectivity index (χ2v) is 7.37. The molecule has 2 heterocycles. The first-order valence-corrected chi connectivity index (χ1v) is 8.97. The van der Waals surface area contributed by atoms with Crippen molar-refractivity contribution in [3.05, 3.63) is 64.7 Å². The molecule has 0 saturated heterocycles. The topological polar surface area (TPSA) is 44.8 Å². The van der Waals surface area contributed by atoms with Crippen LogP contribution < -0.4 is 14.2 Å². The van der Waals surface area contributed by atoms with Crippen molar-refractivity contribution < 1.29 is 19.0 Å². The van der Waals surface area contributed by atoms with Crippen LogP contribution in [0.4, 0.5) is 0 Å². The molecule has 4 heteroatoms. The molecule has 2 aliphatic rings. The second-order valence-electron chi connectivity index (χ2n) is 7.37. The number of carbonyl (C=O) groups is 1. The molecule has 0 bridgehead atoms. The summed E-state index contributed by atoms with van der Waals surface area (Å²) in [5, 5.41) is 0. The number of Topliss-reactive ketones (excluding diaryl/α,β-unsaturated/α-hetero) is 1. The van der Waals surface area contributed by atoms with Crippen molar-refractivity contribution in [2.75, 3.05) is 13.7 Å². The van der Waals surface area contributed by atoms with Gasteiger partial charge in [-0.15, -0.1) is 0 Å². The maximum absolute atomic E-state index is 13.2. The van der Waals surface area contributed by atoms with E-state index < -0.39 is 0 Å². The van der Waals surface area contributed by atoms with E-state index in [0.29, 0.717) is 23.5 Å². The van der Waals surface area contributed by atoms with E-state index in [4.69, 9.17) is 14.2 Å². The smallest absolute Gasteiger partial charge is 0.193 e. The SMILES string of the molecule is COc1cc2c(cc1C)OCC=C2C(=O)c1ccc2c(c1)C=CC(C)(C)O2. The van der Waals surface area contributed by atoms with Crippen LogP contribution in [0.25, 0.3) is 11.6 Å². The molecule has 0 aromatic heterocycles. The summed E-state index contributed by atoms with van der Waals surface area (Å²) in [7, 11) is 1.63. The number of aryl methyl sites for hydroxylation is 1. The van der Waals surface area contributed by atoms with Gasteiger partial charge in [-0.2, -0.15) is 0 Å². The Morgan fingerprint density at radius 1 is 1.15 bits per heavy atom. The lowest BCUT2D eigenvalue weighted by Gasteiger charge is -2.28. The van der Waals surface area contributed by atoms with Gasteiger partial charge in [-0.25, -0.2) is 0 Å². The number of ether oxygens (including phenoxy) is 3. The minimum absolute atomic E-state index is 0.0357. The summed E-state index contributed by atoms with van der Waals surface area (Å²) < 4.78 is 17.1. The van der Waals surface area contributed by atoms with Gasteiger partial charge in [0.05, 0.1) is 7.11 Å². The van der Waals surface area contributed by atoms with Gasteiger partial charge >= 0.3 is 0 Å². The lowest BCUT2D eigenvalue weighted by Crippen LogP contribution is -2.27. The Morgan fingerprint density at radius 2 is 1.96 bits per heavy atom. The van der Waals surface area contributed by atoms with Gasteiger partial charge in [0, 0.05) is 22.3 Å². The number of allylic oxidation sites excluding steroid dienone is 1. The van der Waals surface area contributed by atoms with E-state index in [-0.39, 0.29) is 11.4 Å². The molecule has 0 fully saturated rings. The first kappa shape index (κ1) is 17.4. The van der Waals surface area contributed by atoms with Crippen molar-refractivity contribution in [2.24, 2.45) is 0 Å². The fourth-order valence-corrected chi connectivity index (χ4v) is 3.43. The Morgan fingerprint density at radius 3 is 2.74 bits per heavy atom. The predicted octanol–water partition coefficient (Wildman–Crippen LogP) is 4.85. The van der Waals surface area contributed by atoms with Crippen molar-refractivity contribution in [1.82, 2.24) is 0 Å². The van der Waals surface area contributed by atoms with Crippen molar-refractivity contribution in [1.29, 1.82) is 0 Å². The molecular formula is C23H22O4. The highest BCUT2D eigenvalue weighted by atomic mass is 16.5. The highest BCUT2D eigenvalue weighted by molar-refractivity contribution is 6.29. The average molecular weight is 362 g/mol. The number of benzene rings is 2. The molecule has 0 radical (unpaired) electrons. The second kappa shape index (κ2) is 6.31. The number of rotatable bonds is 3. The molecule has 0 saturated carbocycles. The molecule has 2 aromatic carbocycles. The van der Waals surface area contributed by atoms with Crippen LogP contribution in [0.15, 0.2) is 42.5 Å². The summed E-state index contributed by atoms with van der Waals surface area (Å²) in [5.41, 5.74) is 3.57. The maximum atomic E-state index is 13.2. The molecule has 0 N–H and O–H groups in total. The molecule has 0 spiro atoms.